The van der Waals surface area contributed by atoms with Gasteiger partial charge in [0.2, 0.25) is 11.8 Å². The zero-order valence-corrected chi connectivity index (χ0v) is 9.32. The monoisotopic (exact) mass is 220 g/mol. The highest BCUT2D eigenvalue weighted by molar-refractivity contribution is 5.95. The highest BCUT2D eigenvalue weighted by Crippen LogP contribution is 2.23. The van der Waals surface area contributed by atoms with Crippen LogP contribution in [0.2, 0.25) is 0 Å². The predicted molar refractivity (Wildman–Crippen MR) is 59.4 cm³/mol. The van der Waals surface area contributed by atoms with Crippen molar-refractivity contribution in [2.45, 2.75) is 31.7 Å². The van der Waals surface area contributed by atoms with E-state index in [1.54, 1.807) is 9.80 Å². The molecule has 2 heterocycles. The first-order chi connectivity index (χ1) is 7.74. The quantitative estimate of drug-likeness (QED) is 0.505. The molecule has 1 unspecified atom stereocenters. The van der Waals surface area contributed by atoms with Crippen LogP contribution in [0.3, 0.4) is 0 Å². The van der Waals surface area contributed by atoms with Crippen molar-refractivity contribution in [1.29, 1.82) is 0 Å². The highest BCUT2D eigenvalue weighted by Gasteiger charge is 2.41. The molecular weight excluding hydrogens is 204 g/mol. The summed E-state index contributed by atoms with van der Waals surface area (Å²) in [7, 11) is 0. The van der Waals surface area contributed by atoms with Crippen molar-refractivity contribution in [3.63, 3.8) is 0 Å². The molecular formula is C12H16N2O2. The molecule has 86 valence electrons. The normalized spacial score (nSPS) is 24.6. The molecule has 2 fully saturated rings. The minimum Gasteiger partial charge on any atom is -0.332 e. The summed E-state index contributed by atoms with van der Waals surface area (Å²) in [6.45, 7) is 1.59. The van der Waals surface area contributed by atoms with Gasteiger partial charge in [0.05, 0.1) is 6.54 Å². The average molecular weight is 220 g/mol. The first-order valence-corrected chi connectivity index (χ1v) is 5.76. The summed E-state index contributed by atoms with van der Waals surface area (Å²) in [5.41, 5.74) is 0. The first-order valence-electron chi connectivity index (χ1n) is 5.76. The third kappa shape index (κ3) is 1.90. The molecule has 0 N–H and O–H groups in total. The Labute approximate surface area is 95.6 Å². The van der Waals surface area contributed by atoms with E-state index < -0.39 is 0 Å². The number of unbranched alkanes of at least 4 members (excludes halogenated alkanes) is 1. The Kier molecular flexibility index (Phi) is 3.14. The standard InChI is InChI=1S/C12H16N2O2/c1-2-3-4-7-13-9-11(15)14-8-5-6-10(14)12(13)16/h1,10H,3-9H2. The maximum Gasteiger partial charge on any atom is 0.245 e. The molecule has 0 spiro atoms. The van der Waals surface area contributed by atoms with Crippen molar-refractivity contribution in [3.05, 3.63) is 0 Å². The van der Waals surface area contributed by atoms with Crippen LogP contribution < -0.4 is 0 Å². The van der Waals surface area contributed by atoms with Crippen LogP contribution in [-0.4, -0.2) is 47.3 Å². The van der Waals surface area contributed by atoms with Crippen LogP contribution in [0.1, 0.15) is 25.7 Å². The molecule has 16 heavy (non-hydrogen) atoms. The molecule has 0 aromatic carbocycles. The molecule has 2 rings (SSSR count). The number of carbonyl (C=O) groups is 2. The Morgan fingerprint density at radius 1 is 1.44 bits per heavy atom. The Balaban J connectivity index is 1.98. The molecule has 0 saturated carbocycles. The molecule has 1 atom stereocenters. The minimum absolute atomic E-state index is 0.0859. The van der Waals surface area contributed by atoms with E-state index in [9.17, 15) is 9.59 Å². The number of hydrogen-bond donors (Lipinski definition) is 0. The minimum atomic E-state index is -0.188. The van der Waals surface area contributed by atoms with Gasteiger partial charge in [-0.05, 0) is 19.3 Å². The van der Waals surface area contributed by atoms with Crippen molar-refractivity contribution < 1.29 is 9.59 Å². The number of amides is 2. The van der Waals surface area contributed by atoms with Crippen LogP contribution in [0.15, 0.2) is 0 Å². The molecule has 4 nitrogen and oxygen atoms in total. The second-order valence-corrected chi connectivity index (χ2v) is 4.31. The SMILES string of the molecule is C#CCCCN1CC(=O)N2CCCC2C1=O. The van der Waals surface area contributed by atoms with Crippen molar-refractivity contribution in [3.8, 4) is 12.3 Å². The number of terminal acetylenes is 1. The van der Waals surface area contributed by atoms with Crippen LogP contribution >= 0.6 is 0 Å². The molecule has 0 aromatic rings. The fourth-order valence-electron chi connectivity index (χ4n) is 2.43. The number of carbonyl (C=O) groups excluding carboxylic acids is 2. The van der Waals surface area contributed by atoms with Gasteiger partial charge in [0, 0.05) is 19.5 Å². The van der Waals surface area contributed by atoms with Crippen molar-refractivity contribution in [1.82, 2.24) is 9.80 Å². The molecule has 0 bridgehead atoms. The lowest BCUT2D eigenvalue weighted by atomic mass is 10.1. The van der Waals surface area contributed by atoms with Gasteiger partial charge in [-0.3, -0.25) is 9.59 Å². The molecule has 4 heteroatoms. The average Bonchev–Trinajstić information content (AvgIpc) is 2.75. The lowest BCUT2D eigenvalue weighted by Crippen LogP contribution is -2.57. The predicted octanol–water partition coefficient (Wildman–Crippen LogP) is 0.233. The summed E-state index contributed by atoms with van der Waals surface area (Å²) >= 11 is 0. The maximum atomic E-state index is 12.0. The fourth-order valence-corrected chi connectivity index (χ4v) is 2.43. The summed E-state index contributed by atoms with van der Waals surface area (Å²) in [6, 6.07) is -0.188. The van der Waals surface area contributed by atoms with Crippen molar-refractivity contribution >= 4 is 11.8 Å². The number of fused-ring (bicyclic) bond motifs is 1. The van der Waals surface area contributed by atoms with Gasteiger partial charge in [0.1, 0.15) is 6.04 Å². The van der Waals surface area contributed by atoms with Gasteiger partial charge in [-0.25, -0.2) is 0 Å². The zero-order valence-electron chi connectivity index (χ0n) is 9.32. The summed E-state index contributed by atoms with van der Waals surface area (Å²) < 4.78 is 0. The summed E-state index contributed by atoms with van der Waals surface area (Å²) in [6.07, 6.45) is 8.36. The van der Waals surface area contributed by atoms with E-state index in [0.29, 0.717) is 13.0 Å². The Hall–Kier alpha value is -1.50. The molecule has 2 amide bonds. The van der Waals surface area contributed by atoms with Crippen LogP contribution in [-0.2, 0) is 9.59 Å². The largest absolute Gasteiger partial charge is 0.332 e. The molecule has 0 radical (unpaired) electrons. The smallest absolute Gasteiger partial charge is 0.245 e. The van der Waals surface area contributed by atoms with E-state index in [4.69, 9.17) is 6.42 Å². The summed E-state index contributed by atoms with van der Waals surface area (Å²) in [4.78, 5) is 27.2. The second kappa shape index (κ2) is 4.56. The third-order valence-corrected chi connectivity index (χ3v) is 3.25. The summed E-state index contributed by atoms with van der Waals surface area (Å²) in [5.74, 6) is 2.74. The van der Waals surface area contributed by atoms with Gasteiger partial charge in [-0.1, -0.05) is 0 Å². The third-order valence-electron chi connectivity index (χ3n) is 3.25. The first kappa shape index (κ1) is 11.0. The molecule has 2 saturated heterocycles. The fraction of sp³-hybridized carbons (Fsp3) is 0.667. The van der Waals surface area contributed by atoms with E-state index >= 15 is 0 Å². The molecule has 0 aromatic heterocycles. The van der Waals surface area contributed by atoms with Crippen LogP contribution in [0.25, 0.3) is 0 Å². The second-order valence-electron chi connectivity index (χ2n) is 4.31. The Morgan fingerprint density at radius 2 is 2.25 bits per heavy atom. The number of hydrogen-bond acceptors (Lipinski definition) is 2. The lowest BCUT2D eigenvalue weighted by molar-refractivity contribution is -0.153. The van der Waals surface area contributed by atoms with Gasteiger partial charge in [0.25, 0.3) is 0 Å². The van der Waals surface area contributed by atoms with E-state index in [2.05, 4.69) is 5.92 Å². The number of rotatable bonds is 3. The summed E-state index contributed by atoms with van der Waals surface area (Å²) in [5, 5.41) is 0. The van der Waals surface area contributed by atoms with Crippen LogP contribution in [0.4, 0.5) is 0 Å². The van der Waals surface area contributed by atoms with Crippen LogP contribution in [0.5, 0.6) is 0 Å². The number of piperazine rings is 1. The molecule has 0 aliphatic carbocycles. The van der Waals surface area contributed by atoms with Gasteiger partial charge >= 0.3 is 0 Å². The Morgan fingerprint density at radius 3 is 3.00 bits per heavy atom. The van der Waals surface area contributed by atoms with Crippen LogP contribution in [0, 0.1) is 12.3 Å². The molecule has 2 aliphatic rings. The number of nitrogens with zero attached hydrogens (tertiary/aromatic N) is 2. The van der Waals surface area contributed by atoms with Gasteiger partial charge < -0.3 is 9.80 Å². The van der Waals surface area contributed by atoms with E-state index in [1.165, 1.54) is 0 Å². The van der Waals surface area contributed by atoms with E-state index in [0.717, 1.165) is 25.8 Å². The van der Waals surface area contributed by atoms with E-state index in [1.807, 2.05) is 0 Å². The molecule has 2 aliphatic heterocycles. The van der Waals surface area contributed by atoms with Crippen molar-refractivity contribution in [2.24, 2.45) is 0 Å². The van der Waals surface area contributed by atoms with Gasteiger partial charge in [0.15, 0.2) is 0 Å². The lowest BCUT2D eigenvalue weighted by Gasteiger charge is -2.36. The van der Waals surface area contributed by atoms with Crippen molar-refractivity contribution in [2.75, 3.05) is 19.6 Å². The van der Waals surface area contributed by atoms with E-state index in [-0.39, 0.29) is 24.4 Å². The van der Waals surface area contributed by atoms with Gasteiger partial charge in [-0.15, -0.1) is 12.3 Å². The Bertz CT molecular complexity index is 345. The highest BCUT2D eigenvalue weighted by atomic mass is 16.2. The topological polar surface area (TPSA) is 40.6 Å². The van der Waals surface area contributed by atoms with Gasteiger partial charge in [-0.2, -0.15) is 0 Å². The zero-order chi connectivity index (χ0) is 11.5. The maximum absolute atomic E-state index is 12.0.